The van der Waals surface area contributed by atoms with E-state index < -0.39 is 5.91 Å². The standard InChI is InChI=1S/C19H19ClN6O4/c1-28-14-4-2-3-12(9-14)23-19-25-24-18(30-19)17(27)22-13-10-15(20)16(21-11-13)26-5-7-29-8-6-26/h2-4,9-11H,5-8H2,1H3,(H,22,27)(H,23,25). The second kappa shape index (κ2) is 8.97. The van der Waals surface area contributed by atoms with Crippen LogP contribution >= 0.6 is 11.6 Å². The van der Waals surface area contributed by atoms with Crippen LogP contribution in [-0.4, -0.2) is 54.5 Å². The normalized spacial score (nSPS) is 13.7. The van der Waals surface area contributed by atoms with Gasteiger partial charge in [0.05, 0.1) is 37.2 Å². The molecule has 10 nitrogen and oxygen atoms in total. The Hall–Kier alpha value is -3.37. The second-order valence-corrected chi connectivity index (χ2v) is 6.76. The molecular formula is C19H19ClN6O4. The maximum absolute atomic E-state index is 12.4. The molecule has 1 amide bonds. The first-order valence-corrected chi connectivity index (χ1v) is 9.54. The first-order chi connectivity index (χ1) is 14.6. The van der Waals surface area contributed by atoms with E-state index in [1.54, 1.807) is 31.4 Å². The van der Waals surface area contributed by atoms with Crippen LogP contribution in [0.4, 0.5) is 23.2 Å². The summed E-state index contributed by atoms with van der Waals surface area (Å²) in [4.78, 5) is 18.8. The number of aromatic nitrogens is 3. The predicted octanol–water partition coefficient (Wildman–Crippen LogP) is 2.96. The van der Waals surface area contributed by atoms with Gasteiger partial charge in [-0.05, 0) is 18.2 Å². The van der Waals surface area contributed by atoms with Crippen molar-refractivity contribution in [3.05, 3.63) is 47.4 Å². The number of methoxy groups -OCH3 is 1. The van der Waals surface area contributed by atoms with Crippen molar-refractivity contribution in [2.24, 2.45) is 0 Å². The van der Waals surface area contributed by atoms with Crippen molar-refractivity contribution in [2.45, 2.75) is 0 Å². The van der Waals surface area contributed by atoms with Crippen LogP contribution in [0.15, 0.2) is 40.9 Å². The second-order valence-electron chi connectivity index (χ2n) is 6.35. The minimum atomic E-state index is -0.571. The zero-order valence-electron chi connectivity index (χ0n) is 16.1. The molecule has 0 aliphatic carbocycles. The van der Waals surface area contributed by atoms with Crippen LogP contribution in [0.25, 0.3) is 0 Å². The fourth-order valence-electron chi connectivity index (χ4n) is 2.88. The number of anilines is 4. The highest BCUT2D eigenvalue weighted by molar-refractivity contribution is 6.33. The summed E-state index contributed by atoms with van der Waals surface area (Å²) in [7, 11) is 1.57. The van der Waals surface area contributed by atoms with Gasteiger partial charge in [0.2, 0.25) is 0 Å². The number of amides is 1. The Morgan fingerprint density at radius 3 is 2.80 bits per heavy atom. The van der Waals surface area contributed by atoms with Crippen molar-refractivity contribution in [3.8, 4) is 5.75 Å². The Bertz CT molecular complexity index is 1040. The van der Waals surface area contributed by atoms with E-state index in [4.69, 9.17) is 25.5 Å². The highest BCUT2D eigenvalue weighted by atomic mass is 35.5. The molecule has 0 bridgehead atoms. The molecule has 1 aliphatic rings. The number of nitrogens with zero attached hydrogens (tertiary/aromatic N) is 4. The molecule has 0 unspecified atom stereocenters. The Kier molecular flexibility index (Phi) is 5.96. The minimum Gasteiger partial charge on any atom is -0.497 e. The van der Waals surface area contributed by atoms with Gasteiger partial charge < -0.3 is 29.4 Å². The van der Waals surface area contributed by atoms with Gasteiger partial charge in [0.15, 0.2) is 0 Å². The largest absolute Gasteiger partial charge is 0.497 e. The van der Waals surface area contributed by atoms with Crippen LogP contribution in [0, 0.1) is 0 Å². The summed E-state index contributed by atoms with van der Waals surface area (Å²) in [6.07, 6.45) is 1.53. The van der Waals surface area contributed by atoms with E-state index in [0.29, 0.717) is 54.3 Å². The van der Waals surface area contributed by atoms with Gasteiger partial charge in [0.25, 0.3) is 0 Å². The van der Waals surface area contributed by atoms with Crippen molar-refractivity contribution in [2.75, 3.05) is 48.9 Å². The number of benzene rings is 1. The fraction of sp³-hybridized carbons (Fsp3) is 0.263. The molecule has 0 saturated carbocycles. The van der Waals surface area contributed by atoms with Gasteiger partial charge in [-0.25, -0.2) is 4.98 Å². The summed E-state index contributed by atoms with van der Waals surface area (Å²) in [6.45, 7) is 2.67. The molecule has 11 heteroatoms. The van der Waals surface area contributed by atoms with Gasteiger partial charge >= 0.3 is 17.8 Å². The molecule has 3 aromatic rings. The van der Waals surface area contributed by atoms with Crippen LogP contribution in [0.5, 0.6) is 5.75 Å². The van der Waals surface area contributed by atoms with Crippen LogP contribution in [-0.2, 0) is 4.74 Å². The van der Waals surface area contributed by atoms with Crippen LogP contribution in [0.1, 0.15) is 10.7 Å². The first kappa shape index (κ1) is 19.9. The van der Waals surface area contributed by atoms with Crippen molar-refractivity contribution in [1.29, 1.82) is 0 Å². The van der Waals surface area contributed by atoms with Crippen molar-refractivity contribution < 1.29 is 18.7 Å². The number of hydrogen-bond acceptors (Lipinski definition) is 9. The van der Waals surface area contributed by atoms with Gasteiger partial charge in [-0.1, -0.05) is 22.8 Å². The zero-order valence-corrected chi connectivity index (χ0v) is 16.8. The van der Waals surface area contributed by atoms with E-state index in [-0.39, 0.29) is 11.9 Å². The lowest BCUT2D eigenvalue weighted by Gasteiger charge is -2.28. The molecule has 0 spiro atoms. The van der Waals surface area contributed by atoms with E-state index in [1.807, 2.05) is 11.0 Å². The number of carbonyl (C=O) groups excluding carboxylic acids is 1. The Morgan fingerprint density at radius 1 is 1.20 bits per heavy atom. The molecule has 1 fully saturated rings. The predicted molar refractivity (Wildman–Crippen MR) is 111 cm³/mol. The van der Waals surface area contributed by atoms with Gasteiger partial charge in [-0.3, -0.25) is 4.79 Å². The third-order valence-electron chi connectivity index (χ3n) is 4.33. The lowest BCUT2D eigenvalue weighted by Crippen LogP contribution is -2.36. The molecule has 156 valence electrons. The van der Waals surface area contributed by atoms with E-state index in [9.17, 15) is 4.79 Å². The number of nitrogens with one attached hydrogen (secondary N) is 2. The monoisotopic (exact) mass is 430 g/mol. The summed E-state index contributed by atoms with van der Waals surface area (Å²) in [6, 6.07) is 8.88. The Morgan fingerprint density at radius 2 is 2.03 bits per heavy atom. The molecule has 1 aromatic carbocycles. The maximum atomic E-state index is 12.4. The molecule has 2 N–H and O–H groups in total. The topological polar surface area (TPSA) is 115 Å². The molecule has 1 saturated heterocycles. The molecule has 2 aromatic heterocycles. The van der Waals surface area contributed by atoms with Crippen LogP contribution in [0.2, 0.25) is 5.02 Å². The highest BCUT2D eigenvalue weighted by Gasteiger charge is 2.19. The highest BCUT2D eigenvalue weighted by Crippen LogP contribution is 2.27. The quantitative estimate of drug-likeness (QED) is 0.608. The average Bonchev–Trinajstić information content (AvgIpc) is 3.23. The summed E-state index contributed by atoms with van der Waals surface area (Å²) in [5.74, 6) is 0.551. The van der Waals surface area contributed by atoms with Gasteiger partial charge in [0, 0.05) is 24.8 Å². The summed E-state index contributed by atoms with van der Waals surface area (Å²) in [5.41, 5.74) is 1.10. The number of halogens is 1. The minimum absolute atomic E-state index is 0.0761. The lowest BCUT2D eigenvalue weighted by molar-refractivity contribution is 0.0991. The number of morpholine rings is 1. The smallest absolute Gasteiger partial charge is 0.320 e. The number of ether oxygens (including phenoxy) is 2. The number of hydrogen-bond donors (Lipinski definition) is 2. The third kappa shape index (κ3) is 4.61. The van der Waals surface area contributed by atoms with Crippen molar-refractivity contribution in [3.63, 3.8) is 0 Å². The van der Waals surface area contributed by atoms with Gasteiger partial charge in [-0.2, -0.15) is 0 Å². The zero-order chi connectivity index (χ0) is 20.9. The van der Waals surface area contributed by atoms with E-state index in [1.165, 1.54) is 6.20 Å². The molecular weight excluding hydrogens is 412 g/mol. The Labute approximate surface area is 177 Å². The molecule has 0 radical (unpaired) electrons. The summed E-state index contributed by atoms with van der Waals surface area (Å²) >= 11 is 6.34. The van der Waals surface area contributed by atoms with Crippen LogP contribution < -0.4 is 20.3 Å². The maximum Gasteiger partial charge on any atom is 0.320 e. The lowest BCUT2D eigenvalue weighted by atomic mass is 10.3. The van der Waals surface area contributed by atoms with Gasteiger partial charge in [-0.15, -0.1) is 5.10 Å². The number of carbonyl (C=O) groups is 1. The molecule has 3 heterocycles. The van der Waals surface area contributed by atoms with E-state index in [2.05, 4.69) is 25.8 Å². The van der Waals surface area contributed by atoms with Crippen LogP contribution in [0.3, 0.4) is 0 Å². The Balaban J connectivity index is 1.41. The molecule has 1 aliphatic heterocycles. The van der Waals surface area contributed by atoms with Gasteiger partial charge in [0.1, 0.15) is 11.6 Å². The average molecular weight is 431 g/mol. The first-order valence-electron chi connectivity index (χ1n) is 9.16. The fourth-order valence-corrected chi connectivity index (χ4v) is 3.17. The third-order valence-corrected chi connectivity index (χ3v) is 4.61. The summed E-state index contributed by atoms with van der Waals surface area (Å²) < 4.78 is 15.9. The van der Waals surface area contributed by atoms with Crippen molar-refractivity contribution in [1.82, 2.24) is 15.2 Å². The number of rotatable bonds is 6. The summed E-state index contributed by atoms with van der Waals surface area (Å²) in [5, 5.41) is 13.6. The number of pyridine rings is 1. The van der Waals surface area contributed by atoms with E-state index in [0.717, 1.165) is 0 Å². The molecule has 0 atom stereocenters. The molecule has 4 rings (SSSR count). The SMILES string of the molecule is COc1cccc(Nc2nnc(C(=O)Nc3cnc(N4CCOCC4)c(Cl)c3)o2)c1. The molecule has 30 heavy (non-hydrogen) atoms. The van der Waals surface area contributed by atoms with Crippen molar-refractivity contribution >= 4 is 40.7 Å². The van der Waals surface area contributed by atoms with E-state index >= 15 is 0 Å².